The summed E-state index contributed by atoms with van der Waals surface area (Å²) in [7, 11) is 0. The third kappa shape index (κ3) is 3.61. The highest BCUT2D eigenvalue weighted by molar-refractivity contribution is 5.85. The molecule has 3 aromatic rings. The molecule has 2 aliphatic carbocycles. The standard InChI is InChI=1S/C21H29N7O2/c1-3-13-7-8-14(9-13)10-28-11-22-17-16(28)18(23-12(2)15-5-4-6-15)25-19(24-17)20-26-21(29)30-27-20/h11-15H,3-10H2,1-2H3,(H,23,24,25)(H,26,27,29)/t12-,13?,14?/m1/s1. The molecule has 2 N–H and O–H groups in total. The first-order chi connectivity index (χ1) is 14.6. The molecule has 0 saturated heterocycles. The lowest BCUT2D eigenvalue weighted by molar-refractivity contribution is 0.285. The Morgan fingerprint density at radius 1 is 1.27 bits per heavy atom. The molecule has 5 rings (SSSR count). The number of aromatic nitrogens is 6. The second-order valence-corrected chi connectivity index (χ2v) is 8.99. The molecule has 0 bridgehead atoms. The minimum atomic E-state index is -0.622. The summed E-state index contributed by atoms with van der Waals surface area (Å²) >= 11 is 0. The number of aromatic amines is 1. The molecule has 2 fully saturated rings. The Kier molecular flexibility index (Phi) is 5.04. The molecule has 2 saturated carbocycles. The van der Waals surface area contributed by atoms with Gasteiger partial charge in [0.1, 0.15) is 5.52 Å². The van der Waals surface area contributed by atoms with Crippen molar-refractivity contribution in [2.24, 2.45) is 17.8 Å². The molecular weight excluding hydrogens is 382 g/mol. The van der Waals surface area contributed by atoms with Gasteiger partial charge in [-0.1, -0.05) is 31.3 Å². The number of imidazole rings is 1. The van der Waals surface area contributed by atoms with Crippen molar-refractivity contribution < 1.29 is 4.52 Å². The summed E-state index contributed by atoms with van der Waals surface area (Å²) in [4.78, 5) is 27.8. The summed E-state index contributed by atoms with van der Waals surface area (Å²) in [6, 6.07) is 0.306. The van der Waals surface area contributed by atoms with Gasteiger partial charge in [-0.3, -0.25) is 9.51 Å². The van der Waals surface area contributed by atoms with E-state index in [0.717, 1.165) is 23.8 Å². The van der Waals surface area contributed by atoms with Gasteiger partial charge >= 0.3 is 5.76 Å². The van der Waals surface area contributed by atoms with Gasteiger partial charge in [-0.05, 0) is 50.4 Å². The average Bonchev–Trinajstić information content (AvgIpc) is 3.41. The summed E-state index contributed by atoms with van der Waals surface area (Å²) in [5, 5.41) is 7.37. The average molecular weight is 412 g/mol. The fourth-order valence-electron chi connectivity index (χ4n) is 4.92. The summed E-state index contributed by atoms with van der Waals surface area (Å²) in [5.41, 5.74) is 1.54. The van der Waals surface area contributed by atoms with Crippen molar-refractivity contribution in [3.05, 3.63) is 16.9 Å². The van der Waals surface area contributed by atoms with E-state index in [1.807, 2.05) is 6.33 Å². The number of hydrogen-bond acceptors (Lipinski definition) is 7. The van der Waals surface area contributed by atoms with Crippen LogP contribution in [0.2, 0.25) is 0 Å². The van der Waals surface area contributed by atoms with E-state index in [1.165, 1.54) is 44.9 Å². The number of nitrogens with zero attached hydrogens (tertiary/aromatic N) is 5. The molecule has 3 aromatic heterocycles. The van der Waals surface area contributed by atoms with Crippen molar-refractivity contribution in [3.8, 4) is 11.6 Å². The summed E-state index contributed by atoms with van der Waals surface area (Å²) in [6.07, 6.45) is 10.8. The largest absolute Gasteiger partial charge is 0.439 e. The summed E-state index contributed by atoms with van der Waals surface area (Å²) in [5.74, 6) is 2.82. The molecule has 0 radical (unpaired) electrons. The zero-order valence-electron chi connectivity index (χ0n) is 17.6. The van der Waals surface area contributed by atoms with Crippen LogP contribution in [0.15, 0.2) is 15.6 Å². The number of fused-ring (bicyclic) bond motifs is 1. The van der Waals surface area contributed by atoms with Gasteiger partial charge in [0.15, 0.2) is 11.5 Å². The van der Waals surface area contributed by atoms with Gasteiger partial charge in [-0.2, -0.15) is 0 Å². The van der Waals surface area contributed by atoms with E-state index in [4.69, 9.17) is 4.98 Å². The number of H-pyrrole nitrogens is 1. The molecule has 3 heterocycles. The minimum absolute atomic E-state index is 0.220. The second kappa shape index (κ2) is 7.85. The second-order valence-electron chi connectivity index (χ2n) is 8.99. The maximum atomic E-state index is 11.4. The van der Waals surface area contributed by atoms with Gasteiger partial charge in [-0.15, -0.1) is 0 Å². The Balaban J connectivity index is 1.51. The SMILES string of the molecule is CCC1CCC(Cn2cnc3nc(-c4noc(=O)[nH]4)nc(N[C@H](C)C4CCC4)c32)C1. The van der Waals surface area contributed by atoms with Crippen molar-refractivity contribution in [3.63, 3.8) is 0 Å². The van der Waals surface area contributed by atoms with Gasteiger partial charge in [0, 0.05) is 12.6 Å². The highest BCUT2D eigenvalue weighted by Gasteiger charge is 2.28. The molecule has 9 nitrogen and oxygen atoms in total. The van der Waals surface area contributed by atoms with Crippen molar-refractivity contribution in [2.75, 3.05) is 5.32 Å². The van der Waals surface area contributed by atoms with Gasteiger partial charge in [0.25, 0.3) is 0 Å². The molecule has 2 unspecified atom stereocenters. The zero-order valence-corrected chi connectivity index (χ0v) is 17.6. The molecule has 0 amide bonds. The lowest BCUT2D eigenvalue weighted by atomic mass is 9.80. The van der Waals surface area contributed by atoms with Crippen molar-refractivity contribution in [1.29, 1.82) is 0 Å². The molecule has 9 heteroatoms. The van der Waals surface area contributed by atoms with Crippen LogP contribution >= 0.6 is 0 Å². The van der Waals surface area contributed by atoms with E-state index >= 15 is 0 Å². The molecule has 0 aliphatic heterocycles. The van der Waals surface area contributed by atoms with Gasteiger partial charge in [0.2, 0.25) is 11.6 Å². The predicted octanol–water partition coefficient (Wildman–Crippen LogP) is 3.60. The topological polar surface area (TPSA) is 115 Å². The smallest absolute Gasteiger partial charge is 0.365 e. The molecule has 3 atom stereocenters. The van der Waals surface area contributed by atoms with E-state index < -0.39 is 5.76 Å². The third-order valence-electron chi connectivity index (χ3n) is 7.03. The van der Waals surface area contributed by atoms with Crippen molar-refractivity contribution in [1.82, 2.24) is 29.7 Å². The lowest BCUT2D eigenvalue weighted by Crippen LogP contribution is -2.31. The van der Waals surface area contributed by atoms with Crippen LogP contribution in [0.25, 0.3) is 22.8 Å². The summed E-state index contributed by atoms with van der Waals surface area (Å²) in [6.45, 7) is 5.43. The van der Waals surface area contributed by atoms with Crippen LogP contribution in [0, 0.1) is 17.8 Å². The fraction of sp³-hybridized carbons (Fsp3) is 0.667. The molecule has 160 valence electrons. The zero-order chi connectivity index (χ0) is 20.7. The number of nitrogens with one attached hydrogen (secondary N) is 2. The van der Waals surface area contributed by atoms with Crippen LogP contribution in [0.1, 0.15) is 58.8 Å². The molecule has 0 spiro atoms. The van der Waals surface area contributed by atoms with E-state index in [2.05, 4.69) is 48.4 Å². The molecule has 30 heavy (non-hydrogen) atoms. The maximum Gasteiger partial charge on any atom is 0.439 e. The first-order valence-electron chi connectivity index (χ1n) is 11.2. The molecule has 0 aromatic carbocycles. The molecule has 2 aliphatic rings. The highest BCUT2D eigenvalue weighted by Crippen LogP contribution is 2.36. The summed E-state index contributed by atoms with van der Waals surface area (Å²) < 4.78 is 6.84. The predicted molar refractivity (Wildman–Crippen MR) is 113 cm³/mol. The Morgan fingerprint density at radius 3 is 2.77 bits per heavy atom. The van der Waals surface area contributed by atoms with Gasteiger partial charge in [0.05, 0.1) is 6.33 Å². The van der Waals surface area contributed by atoms with E-state index in [1.54, 1.807) is 0 Å². The van der Waals surface area contributed by atoms with Crippen LogP contribution in [0.3, 0.4) is 0 Å². The number of anilines is 1. The number of rotatable bonds is 7. The first kappa shape index (κ1) is 19.3. The van der Waals surface area contributed by atoms with E-state index in [9.17, 15) is 4.79 Å². The lowest BCUT2D eigenvalue weighted by Gasteiger charge is -2.32. The van der Waals surface area contributed by atoms with Gasteiger partial charge < -0.3 is 9.88 Å². The normalized spacial score (nSPS) is 23.0. The minimum Gasteiger partial charge on any atom is -0.365 e. The maximum absolute atomic E-state index is 11.4. The monoisotopic (exact) mass is 411 g/mol. The van der Waals surface area contributed by atoms with Crippen molar-refractivity contribution in [2.45, 2.75) is 71.4 Å². The Bertz CT molecular complexity index is 1080. The Labute approximate surface area is 174 Å². The van der Waals surface area contributed by atoms with E-state index in [0.29, 0.717) is 29.3 Å². The fourth-order valence-corrected chi connectivity index (χ4v) is 4.92. The van der Waals surface area contributed by atoms with E-state index in [-0.39, 0.29) is 5.82 Å². The first-order valence-corrected chi connectivity index (χ1v) is 11.2. The quantitative estimate of drug-likeness (QED) is 0.610. The van der Waals surface area contributed by atoms with Crippen LogP contribution < -0.4 is 11.1 Å². The highest BCUT2D eigenvalue weighted by atomic mass is 16.5. The van der Waals surface area contributed by atoms with Crippen LogP contribution in [0.5, 0.6) is 0 Å². The molecular formula is C21H29N7O2. The Morgan fingerprint density at radius 2 is 2.10 bits per heavy atom. The van der Waals surface area contributed by atoms with Crippen LogP contribution in [-0.4, -0.2) is 35.7 Å². The third-order valence-corrected chi connectivity index (χ3v) is 7.03. The van der Waals surface area contributed by atoms with Gasteiger partial charge in [-0.25, -0.2) is 19.7 Å². The van der Waals surface area contributed by atoms with Crippen molar-refractivity contribution >= 4 is 17.0 Å². The van der Waals surface area contributed by atoms with Crippen LogP contribution in [-0.2, 0) is 6.54 Å². The number of hydrogen-bond donors (Lipinski definition) is 2. The van der Waals surface area contributed by atoms with Crippen LogP contribution in [0.4, 0.5) is 5.82 Å². The Hall–Kier alpha value is -2.71.